The number of aliphatic hydroxyl groups excluding tert-OH is 1. The molecule has 0 aromatic rings. The van der Waals surface area contributed by atoms with Crippen LogP contribution >= 0.6 is 0 Å². The molecule has 3 heteroatoms. The van der Waals surface area contributed by atoms with Crippen LogP contribution in [-0.4, -0.2) is 37.1 Å². The van der Waals surface area contributed by atoms with Crippen LogP contribution in [0, 0.1) is 0 Å². The van der Waals surface area contributed by atoms with Gasteiger partial charge in [-0.25, -0.2) is 0 Å². The Morgan fingerprint density at radius 2 is 2.07 bits per heavy atom. The van der Waals surface area contributed by atoms with Crippen LogP contribution in [-0.2, 0) is 9.47 Å². The second-order valence-corrected chi connectivity index (χ2v) is 4.42. The normalized spacial score (nSPS) is 29.0. The number of aliphatic hydroxyl groups is 1. The van der Waals surface area contributed by atoms with E-state index in [0.29, 0.717) is 12.7 Å². The molecule has 90 valence electrons. The minimum Gasteiger partial charge on any atom is -0.391 e. The molecular weight excluding hydrogens is 192 g/mol. The molecule has 0 aromatic carbocycles. The number of rotatable bonds is 6. The van der Waals surface area contributed by atoms with Crippen LogP contribution in [0.1, 0.15) is 45.4 Å². The van der Waals surface area contributed by atoms with E-state index in [2.05, 4.69) is 6.92 Å². The minimum atomic E-state index is -0.294. The fraction of sp³-hybridized carbons (Fsp3) is 1.00. The van der Waals surface area contributed by atoms with E-state index in [9.17, 15) is 5.11 Å². The Labute approximate surface area is 92.8 Å². The van der Waals surface area contributed by atoms with Gasteiger partial charge in [0.05, 0.1) is 24.9 Å². The lowest BCUT2D eigenvalue weighted by atomic mass is 9.95. The highest BCUT2D eigenvalue weighted by atomic mass is 16.5. The first-order chi connectivity index (χ1) is 7.26. The molecule has 0 heterocycles. The molecule has 1 saturated carbocycles. The molecule has 1 aliphatic rings. The maximum atomic E-state index is 9.55. The van der Waals surface area contributed by atoms with Gasteiger partial charge in [-0.15, -0.1) is 0 Å². The van der Waals surface area contributed by atoms with Crippen molar-refractivity contribution in [3.05, 3.63) is 0 Å². The molecule has 1 N–H and O–H groups in total. The van der Waals surface area contributed by atoms with E-state index in [-0.39, 0.29) is 12.2 Å². The molecule has 0 radical (unpaired) electrons. The Hall–Kier alpha value is -0.120. The Morgan fingerprint density at radius 1 is 1.33 bits per heavy atom. The summed E-state index contributed by atoms with van der Waals surface area (Å²) in [5.41, 5.74) is 0. The van der Waals surface area contributed by atoms with Crippen LogP contribution < -0.4 is 0 Å². The summed E-state index contributed by atoms with van der Waals surface area (Å²) < 4.78 is 11.0. The fourth-order valence-corrected chi connectivity index (χ4v) is 2.13. The lowest BCUT2D eigenvalue weighted by molar-refractivity contribution is -0.0575. The first-order valence-electron chi connectivity index (χ1n) is 6.08. The molecule has 1 aliphatic carbocycles. The van der Waals surface area contributed by atoms with Gasteiger partial charge in [-0.05, 0) is 32.1 Å². The standard InChI is InChI=1S/C12H24O3/c1-3-5-10(13)9-15-12-7-4-6-11(8-12)14-2/h10-13H,3-9H2,1-2H3. The van der Waals surface area contributed by atoms with Crippen molar-refractivity contribution >= 4 is 0 Å². The molecule has 1 fully saturated rings. The van der Waals surface area contributed by atoms with Gasteiger partial charge in [0, 0.05) is 7.11 Å². The van der Waals surface area contributed by atoms with Crippen molar-refractivity contribution in [3.63, 3.8) is 0 Å². The number of methoxy groups -OCH3 is 1. The summed E-state index contributed by atoms with van der Waals surface area (Å²) >= 11 is 0. The Bertz CT molecular complexity index is 161. The van der Waals surface area contributed by atoms with Gasteiger partial charge in [-0.1, -0.05) is 13.3 Å². The third kappa shape index (κ3) is 4.96. The highest BCUT2D eigenvalue weighted by Crippen LogP contribution is 2.23. The van der Waals surface area contributed by atoms with Crippen LogP contribution in [0.25, 0.3) is 0 Å². The molecule has 3 unspecified atom stereocenters. The molecular formula is C12H24O3. The first-order valence-corrected chi connectivity index (χ1v) is 6.08. The van der Waals surface area contributed by atoms with E-state index in [4.69, 9.17) is 9.47 Å². The average molecular weight is 216 g/mol. The molecule has 3 nitrogen and oxygen atoms in total. The van der Waals surface area contributed by atoms with Crippen molar-refractivity contribution in [2.45, 2.75) is 63.8 Å². The third-order valence-electron chi connectivity index (χ3n) is 3.06. The molecule has 1 rings (SSSR count). The van der Waals surface area contributed by atoms with Crippen molar-refractivity contribution in [1.82, 2.24) is 0 Å². The average Bonchev–Trinajstić information content (AvgIpc) is 2.27. The van der Waals surface area contributed by atoms with Crippen molar-refractivity contribution in [2.24, 2.45) is 0 Å². The zero-order valence-electron chi connectivity index (χ0n) is 9.95. The Morgan fingerprint density at radius 3 is 2.73 bits per heavy atom. The summed E-state index contributed by atoms with van der Waals surface area (Å²) in [6.45, 7) is 2.56. The number of hydrogen-bond donors (Lipinski definition) is 1. The third-order valence-corrected chi connectivity index (χ3v) is 3.06. The molecule has 0 aliphatic heterocycles. The highest BCUT2D eigenvalue weighted by molar-refractivity contribution is 4.73. The SMILES string of the molecule is CCCC(O)COC1CCCC(OC)C1. The van der Waals surface area contributed by atoms with Gasteiger partial charge >= 0.3 is 0 Å². The van der Waals surface area contributed by atoms with Crippen molar-refractivity contribution in [3.8, 4) is 0 Å². The summed E-state index contributed by atoms with van der Waals surface area (Å²) in [5, 5.41) is 9.55. The zero-order valence-corrected chi connectivity index (χ0v) is 9.95. The Kier molecular flexibility index (Phi) is 6.22. The summed E-state index contributed by atoms with van der Waals surface area (Å²) in [5.74, 6) is 0. The van der Waals surface area contributed by atoms with E-state index in [0.717, 1.165) is 32.1 Å². The largest absolute Gasteiger partial charge is 0.391 e. The molecule has 0 bridgehead atoms. The van der Waals surface area contributed by atoms with Gasteiger partial charge in [0.25, 0.3) is 0 Å². The Balaban J connectivity index is 2.14. The lowest BCUT2D eigenvalue weighted by Gasteiger charge is -2.28. The van der Waals surface area contributed by atoms with Crippen LogP contribution in [0.4, 0.5) is 0 Å². The summed E-state index contributed by atoms with van der Waals surface area (Å²) in [4.78, 5) is 0. The minimum absolute atomic E-state index is 0.287. The predicted octanol–water partition coefficient (Wildman–Crippen LogP) is 2.12. The van der Waals surface area contributed by atoms with E-state index >= 15 is 0 Å². The van der Waals surface area contributed by atoms with Crippen LogP contribution in [0.5, 0.6) is 0 Å². The van der Waals surface area contributed by atoms with Gasteiger partial charge in [0.2, 0.25) is 0 Å². The first kappa shape index (κ1) is 12.9. The van der Waals surface area contributed by atoms with Crippen LogP contribution in [0.15, 0.2) is 0 Å². The second kappa shape index (κ2) is 7.20. The van der Waals surface area contributed by atoms with Gasteiger partial charge in [-0.2, -0.15) is 0 Å². The molecule has 3 atom stereocenters. The zero-order chi connectivity index (χ0) is 11.1. The molecule has 0 spiro atoms. The lowest BCUT2D eigenvalue weighted by Crippen LogP contribution is -2.30. The van der Waals surface area contributed by atoms with E-state index < -0.39 is 0 Å². The monoisotopic (exact) mass is 216 g/mol. The van der Waals surface area contributed by atoms with Crippen LogP contribution in [0.3, 0.4) is 0 Å². The van der Waals surface area contributed by atoms with Crippen LogP contribution in [0.2, 0.25) is 0 Å². The molecule has 0 aromatic heterocycles. The smallest absolute Gasteiger partial charge is 0.0773 e. The van der Waals surface area contributed by atoms with Gasteiger partial charge in [-0.3, -0.25) is 0 Å². The highest BCUT2D eigenvalue weighted by Gasteiger charge is 2.22. The quantitative estimate of drug-likeness (QED) is 0.739. The number of hydrogen-bond acceptors (Lipinski definition) is 3. The molecule has 15 heavy (non-hydrogen) atoms. The summed E-state index contributed by atoms with van der Waals surface area (Å²) in [6.07, 6.45) is 6.60. The van der Waals surface area contributed by atoms with E-state index in [1.807, 2.05) is 0 Å². The predicted molar refractivity (Wildman–Crippen MR) is 59.9 cm³/mol. The topological polar surface area (TPSA) is 38.7 Å². The van der Waals surface area contributed by atoms with E-state index in [1.165, 1.54) is 6.42 Å². The van der Waals surface area contributed by atoms with E-state index in [1.54, 1.807) is 7.11 Å². The molecule has 0 amide bonds. The molecule has 0 saturated heterocycles. The fourth-order valence-electron chi connectivity index (χ4n) is 2.13. The van der Waals surface area contributed by atoms with Gasteiger partial charge < -0.3 is 14.6 Å². The summed E-state index contributed by atoms with van der Waals surface area (Å²) in [6, 6.07) is 0. The van der Waals surface area contributed by atoms with Gasteiger partial charge in [0.1, 0.15) is 0 Å². The van der Waals surface area contributed by atoms with Crippen molar-refractivity contribution < 1.29 is 14.6 Å². The van der Waals surface area contributed by atoms with Crippen molar-refractivity contribution in [1.29, 1.82) is 0 Å². The van der Waals surface area contributed by atoms with Gasteiger partial charge in [0.15, 0.2) is 0 Å². The second-order valence-electron chi connectivity index (χ2n) is 4.42. The number of ether oxygens (including phenoxy) is 2. The maximum Gasteiger partial charge on any atom is 0.0773 e. The maximum absolute atomic E-state index is 9.55. The van der Waals surface area contributed by atoms with Crippen molar-refractivity contribution in [2.75, 3.05) is 13.7 Å². The summed E-state index contributed by atoms with van der Waals surface area (Å²) in [7, 11) is 1.76.